The number of hydrogen-bond donors (Lipinski definition) is 0. The Hall–Kier alpha value is -1.90. The minimum Gasteiger partial charge on any atom is -0.236 e. The van der Waals surface area contributed by atoms with Crippen molar-refractivity contribution in [2.24, 2.45) is 0 Å². The third-order valence-corrected chi connectivity index (χ3v) is 3.45. The predicted octanol–water partition coefficient (Wildman–Crippen LogP) is 5.12. The van der Waals surface area contributed by atoms with Crippen molar-refractivity contribution in [3.63, 3.8) is 0 Å². The molecule has 4 heteroatoms. The van der Waals surface area contributed by atoms with Gasteiger partial charge in [-0.2, -0.15) is 0 Å². The van der Waals surface area contributed by atoms with Crippen molar-refractivity contribution in [1.29, 1.82) is 0 Å². The van der Waals surface area contributed by atoms with Crippen LogP contribution in [0.2, 0.25) is 10.0 Å². The third-order valence-electron chi connectivity index (χ3n) is 2.95. The largest absolute Gasteiger partial charge is 0.236 e. The summed E-state index contributed by atoms with van der Waals surface area (Å²) in [5.41, 5.74) is 3.74. The van der Waals surface area contributed by atoms with Gasteiger partial charge in [0.15, 0.2) is 0 Å². The van der Waals surface area contributed by atoms with Crippen molar-refractivity contribution < 1.29 is 0 Å². The summed E-state index contributed by atoms with van der Waals surface area (Å²) in [5, 5.41) is 1.42. The van der Waals surface area contributed by atoms with Gasteiger partial charge in [0.05, 0.1) is 11.4 Å². The van der Waals surface area contributed by atoms with Crippen molar-refractivity contribution in [1.82, 2.24) is 9.97 Å². The van der Waals surface area contributed by atoms with E-state index in [9.17, 15) is 0 Å². The molecule has 0 aliphatic rings. The van der Waals surface area contributed by atoms with Crippen molar-refractivity contribution in [2.45, 2.75) is 0 Å². The van der Waals surface area contributed by atoms with Crippen LogP contribution in [-0.4, -0.2) is 9.97 Å². The summed E-state index contributed by atoms with van der Waals surface area (Å²) < 4.78 is 0. The number of rotatable bonds is 2. The third kappa shape index (κ3) is 2.82. The lowest BCUT2D eigenvalue weighted by Gasteiger charge is -2.04. The van der Waals surface area contributed by atoms with Gasteiger partial charge in [0.25, 0.3) is 0 Å². The van der Waals surface area contributed by atoms with Gasteiger partial charge in [-0.3, -0.25) is 0 Å². The Labute approximate surface area is 127 Å². The zero-order valence-corrected chi connectivity index (χ0v) is 11.9. The van der Waals surface area contributed by atoms with E-state index < -0.39 is 0 Å². The molecule has 1 aromatic heterocycles. The first-order valence-electron chi connectivity index (χ1n) is 6.06. The molecule has 2 nitrogen and oxygen atoms in total. The van der Waals surface area contributed by atoms with E-state index in [2.05, 4.69) is 9.97 Å². The first kappa shape index (κ1) is 13.1. The Balaban J connectivity index is 2.01. The monoisotopic (exact) mass is 300 g/mol. The number of aromatic nitrogens is 2. The predicted molar refractivity (Wildman–Crippen MR) is 82.9 cm³/mol. The first-order chi connectivity index (χ1) is 9.72. The summed E-state index contributed by atoms with van der Waals surface area (Å²) in [7, 11) is 0. The molecule has 0 N–H and O–H groups in total. The molecular weight excluding hydrogens is 291 g/mol. The molecule has 0 saturated heterocycles. The topological polar surface area (TPSA) is 25.8 Å². The minimum absolute atomic E-state index is 0.709. The highest BCUT2D eigenvalue weighted by Crippen LogP contribution is 2.24. The van der Waals surface area contributed by atoms with Crippen LogP contribution in [0, 0.1) is 0 Å². The van der Waals surface area contributed by atoms with Gasteiger partial charge >= 0.3 is 0 Å². The maximum atomic E-state index is 5.90. The fraction of sp³-hybridized carbons (Fsp3) is 0. The molecule has 0 fully saturated rings. The van der Waals surface area contributed by atoms with Crippen LogP contribution >= 0.6 is 23.2 Å². The Morgan fingerprint density at radius 1 is 0.600 bits per heavy atom. The number of benzene rings is 2. The van der Waals surface area contributed by atoms with Crippen LogP contribution in [0.15, 0.2) is 60.9 Å². The molecule has 0 aliphatic heterocycles. The van der Waals surface area contributed by atoms with Crippen LogP contribution in [0.4, 0.5) is 0 Å². The molecule has 0 bridgehead atoms. The zero-order chi connectivity index (χ0) is 13.9. The Morgan fingerprint density at radius 2 is 1.00 bits per heavy atom. The maximum absolute atomic E-state index is 5.90. The first-order valence-corrected chi connectivity index (χ1v) is 6.82. The van der Waals surface area contributed by atoms with Gasteiger partial charge in [0.2, 0.25) is 0 Å². The Bertz CT molecular complexity index is 661. The molecule has 0 aliphatic carbocycles. The smallest absolute Gasteiger partial charge is 0.116 e. The minimum atomic E-state index is 0.709. The van der Waals surface area contributed by atoms with Gasteiger partial charge in [-0.05, 0) is 30.3 Å². The summed E-state index contributed by atoms with van der Waals surface area (Å²) in [6.07, 6.45) is 1.56. The van der Waals surface area contributed by atoms with Crippen LogP contribution in [0.25, 0.3) is 22.5 Å². The number of halogens is 2. The molecular formula is C16H10Cl2N2. The fourth-order valence-electron chi connectivity index (χ4n) is 1.91. The summed E-state index contributed by atoms with van der Waals surface area (Å²) in [5.74, 6) is 0. The molecule has 2 aromatic carbocycles. The molecule has 3 aromatic rings. The molecule has 1 heterocycles. The zero-order valence-electron chi connectivity index (χ0n) is 10.4. The van der Waals surface area contributed by atoms with Crippen molar-refractivity contribution in [2.75, 3.05) is 0 Å². The molecule has 0 atom stereocenters. The molecule has 3 rings (SSSR count). The maximum Gasteiger partial charge on any atom is 0.116 e. The van der Waals surface area contributed by atoms with E-state index in [1.165, 1.54) is 0 Å². The average molecular weight is 301 g/mol. The van der Waals surface area contributed by atoms with E-state index in [4.69, 9.17) is 23.2 Å². The van der Waals surface area contributed by atoms with Gasteiger partial charge in [-0.25, -0.2) is 9.97 Å². The molecule has 0 unspecified atom stereocenters. The number of nitrogens with zero attached hydrogens (tertiary/aromatic N) is 2. The highest BCUT2D eigenvalue weighted by Gasteiger charge is 2.04. The van der Waals surface area contributed by atoms with Crippen LogP contribution < -0.4 is 0 Å². The van der Waals surface area contributed by atoms with E-state index in [0.717, 1.165) is 22.5 Å². The van der Waals surface area contributed by atoms with Crippen LogP contribution in [0.5, 0.6) is 0 Å². The lowest BCUT2D eigenvalue weighted by molar-refractivity contribution is 1.18. The molecule has 0 spiro atoms. The molecule has 0 radical (unpaired) electrons. The van der Waals surface area contributed by atoms with Gasteiger partial charge in [0, 0.05) is 21.2 Å². The normalized spacial score (nSPS) is 10.5. The summed E-state index contributed by atoms with van der Waals surface area (Å²) in [6, 6.07) is 17.1. The Morgan fingerprint density at radius 3 is 1.40 bits per heavy atom. The summed E-state index contributed by atoms with van der Waals surface area (Å²) in [6.45, 7) is 0. The van der Waals surface area contributed by atoms with Gasteiger partial charge in [-0.15, -0.1) is 0 Å². The van der Waals surface area contributed by atoms with E-state index >= 15 is 0 Å². The van der Waals surface area contributed by atoms with E-state index in [1.54, 1.807) is 6.33 Å². The second kappa shape index (κ2) is 5.61. The van der Waals surface area contributed by atoms with E-state index in [-0.39, 0.29) is 0 Å². The van der Waals surface area contributed by atoms with Crippen LogP contribution in [0.1, 0.15) is 0 Å². The standard InChI is InChI=1S/C16H10Cl2N2/c17-13-5-1-11(2-6-13)15-9-16(20-10-19-15)12-3-7-14(18)8-4-12/h1-10H. The Kier molecular flexibility index (Phi) is 3.68. The van der Waals surface area contributed by atoms with Gasteiger partial charge in [-0.1, -0.05) is 47.5 Å². The van der Waals surface area contributed by atoms with Crippen molar-refractivity contribution >= 4 is 23.2 Å². The lowest BCUT2D eigenvalue weighted by Crippen LogP contribution is -1.89. The molecule has 0 saturated carbocycles. The lowest BCUT2D eigenvalue weighted by atomic mass is 10.1. The molecule has 0 amide bonds. The molecule has 20 heavy (non-hydrogen) atoms. The van der Waals surface area contributed by atoms with Gasteiger partial charge < -0.3 is 0 Å². The molecule has 98 valence electrons. The quantitative estimate of drug-likeness (QED) is 0.656. The highest BCUT2D eigenvalue weighted by molar-refractivity contribution is 6.30. The van der Waals surface area contributed by atoms with Crippen LogP contribution in [0.3, 0.4) is 0 Å². The van der Waals surface area contributed by atoms with Crippen molar-refractivity contribution in [3.05, 3.63) is 71.0 Å². The number of hydrogen-bond acceptors (Lipinski definition) is 2. The average Bonchev–Trinajstić information content (AvgIpc) is 2.49. The second-order valence-electron chi connectivity index (χ2n) is 4.30. The summed E-state index contributed by atoms with van der Waals surface area (Å²) in [4.78, 5) is 8.60. The van der Waals surface area contributed by atoms with E-state index in [0.29, 0.717) is 10.0 Å². The van der Waals surface area contributed by atoms with E-state index in [1.807, 2.05) is 54.6 Å². The van der Waals surface area contributed by atoms with Crippen LogP contribution in [-0.2, 0) is 0 Å². The second-order valence-corrected chi connectivity index (χ2v) is 5.18. The fourth-order valence-corrected chi connectivity index (χ4v) is 2.17. The van der Waals surface area contributed by atoms with Crippen molar-refractivity contribution in [3.8, 4) is 22.5 Å². The van der Waals surface area contributed by atoms with Gasteiger partial charge in [0.1, 0.15) is 6.33 Å². The highest BCUT2D eigenvalue weighted by atomic mass is 35.5. The summed E-state index contributed by atoms with van der Waals surface area (Å²) >= 11 is 11.8. The SMILES string of the molecule is Clc1ccc(-c2cc(-c3ccc(Cl)cc3)ncn2)cc1.